The second-order valence-corrected chi connectivity index (χ2v) is 4.98. The van der Waals surface area contributed by atoms with Crippen molar-refractivity contribution in [2.75, 3.05) is 6.54 Å². The van der Waals surface area contributed by atoms with E-state index in [0.717, 1.165) is 0 Å². The van der Waals surface area contributed by atoms with E-state index in [0.29, 0.717) is 0 Å². The summed E-state index contributed by atoms with van der Waals surface area (Å²) < 4.78 is 1.43. The molecule has 0 aliphatic heterocycles. The summed E-state index contributed by atoms with van der Waals surface area (Å²) >= 11 is 0. The molecule has 1 rings (SSSR count). The van der Waals surface area contributed by atoms with E-state index in [1.807, 2.05) is 0 Å². The van der Waals surface area contributed by atoms with Crippen LogP contribution in [0.1, 0.15) is 27.2 Å². The Morgan fingerprint density at radius 3 is 2.57 bits per heavy atom. The number of aliphatic carboxylic acids is 1. The first kappa shape index (κ1) is 16.6. The van der Waals surface area contributed by atoms with Gasteiger partial charge in [-0.25, -0.2) is 4.79 Å². The standard InChI is InChI=1S/C12H18N4O5/c1-4-15(12(2,3)11(18)19)10(17)5-6-14-7-9(13-8-14)16(20)21/h7-8H,4-6H2,1-3H3,(H,18,19). The van der Waals surface area contributed by atoms with Crippen molar-refractivity contribution in [2.45, 2.75) is 39.3 Å². The second-order valence-electron chi connectivity index (χ2n) is 4.98. The smallest absolute Gasteiger partial charge is 0.381 e. The van der Waals surface area contributed by atoms with Gasteiger partial charge in [-0.2, -0.15) is 0 Å². The van der Waals surface area contributed by atoms with Crippen LogP contribution in [0.4, 0.5) is 5.82 Å². The number of carboxylic acids is 1. The molecule has 1 aromatic rings. The third kappa shape index (κ3) is 3.77. The number of aromatic nitrogens is 2. The van der Waals surface area contributed by atoms with Crippen LogP contribution in [0.25, 0.3) is 0 Å². The van der Waals surface area contributed by atoms with E-state index in [4.69, 9.17) is 5.11 Å². The van der Waals surface area contributed by atoms with Crippen LogP contribution in [0.15, 0.2) is 12.5 Å². The molecule has 0 radical (unpaired) electrons. The van der Waals surface area contributed by atoms with E-state index in [2.05, 4.69) is 4.98 Å². The molecular weight excluding hydrogens is 280 g/mol. The Morgan fingerprint density at radius 2 is 2.14 bits per heavy atom. The van der Waals surface area contributed by atoms with E-state index in [9.17, 15) is 19.7 Å². The van der Waals surface area contributed by atoms with E-state index in [1.54, 1.807) is 6.92 Å². The Hall–Kier alpha value is -2.45. The van der Waals surface area contributed by atoms with Gasteiger partial charge in [-0.3, -0.25) is 4.79 Å². The summed E-state index contributed by atoms with van der Waals surface area (Å²) in [5.74, 6) is -1.71. The molecule has 0 fully saturated rings. The summed E-state index contributed by atoms with van der Waals surface area (Å²) in [5, 5.41) is 19.7. The summed E-state index contributed by atoms with van der Waals surface area (Å²) in [4.78, 5) is 38.1. The molecule has 0 bridgehead atoms. The van der Waals surface area contributed by atoms with Gasteiger partial charge < -0.3 is 24.7 Å². The molecule has 0 aliphatic rings. The molecule has 0 saturated heterocycles. The Morgan fingerprint density at radius 1 is 1.52 bits per heavy atom. The molecule has 0 saturated carbocycles. The van der Waals surface area contributed by atoms with Gasteiger partial charge in [0.25, 0.3) is 0 Å². The molecule has 1 aromatic heterocycles. The molecule has 0 atom stereocenters. The van der Waals surface area contributed by atoms with Crippen LogP contribution >= 0.6 is 0 Å². The normalized spacial score (nSPS) is 11.2. The monoisotopic (exact) mass is 298 g/mol. The first-order chi connectivity index (χ1) is 9.70. The van der Waals surface area contributed by atoms with Gasteiger partial charge in [0, 0.05) is 19.5 Å². The minimum atomic E-state index is -1.30. The van der Waals surface area contributed by atoms with Gasteiger partial charge in [0.15, 0.2) is 0 Å². The largest absolute Gasteiger partial charge is 0.480 e. The highest BCUT2D eigenvalue weighted by Gasteiger charge is 2.36. The number of aryl methyl sites for hydroxylation is 1. The van der Waals surface area contributed by atoms with Crippen LogP contribution in [0, 0.1) is 10.1 Å². The molecule has 0 spiro atoms. The highest BCUT2D eigenvalue weighted by Crippen LogP contribution is 2.16. The van der Waals surface area contributed by atoms with Gasteiger partial charge in [-0.15, -0.1) is 0 Å². The number of nitro groups is 1. The molecular formula is C12H18N4O5. The molecule has 9 heteroatoms. The maximum atomic E-state index is 12.1. The van der Waals surface area contributed by atoms with Crippen LogP contribution in [0.3, 0.4) is 0 Å². The van der Waals surface area contributed by atoms with Crippen molar-refractivity contribution in [2.24, 2.45) is 0 Å². The summed E-state index contributed by atoms with van der Waals surface area (Å²) in [6, 6.07) is 0. The maximum Gasteiger partial charge on any atom is 0.381 e. The number of amides is 1. The lowest BCUT2D eigenvalue weighted by Gasteiger charge is -2.34. The van der Waals surface area contributed by atoms with E-state index < -0.39 is 16.4 Å². The van der Waals surface area contributed by atoms with Crippen molar-refractivity contribution in [3.63, 3.8) is 0 Å². The van der Waals surface area contributed by atoms with E-state index in [1.165, 1.54) is 35.8 Å². The Bertz CT molecular complexity index is 552. The number of hydrogen-bond donors (Lipinski definition) is 1. The Labute approximate surface area is 121 Å². The number of rotatable bonds is 7. The lowest BCUT2D eigenvalue weighted by molar-refractivity contribution is -0.389. The molecule has 0 aromatic carbocycles. The van der Waals surface area contributed by atoms with Crippen LogP contribution in [-0.2, 0) is 16.1 Å². The highest BCUT2D eigenvalue weighted by atomic mass is 16.6. The second kappa shape index (κ2) is 6.33. The van der Waals surface area contributed by atoms with Gasteiger partial charge in [0.2, 0.25) is 12.2 Å². The zero-order valence-corrected chi connectivity index (χ0v) is 12.1. The van der Waals surface area contributed by atoms with Crippen molar-refractivity contribution in [3.05, 3.63) is 22.6 Å². The number of carbonyl (C=O) groups excluding carboxylic acids is 1. The fourth-order valence-corrected chi connectivity index (χ4v) is 1.92. The molecule has 1 amide bonds. The SMILES string of the molecule is CCN(C(=O)CCn1cnc([N+](=O)[O-])c1)C(C)(C)C(=O)O. The van der Waals surface area contributed by atoms with Gasteiger partial charge >= 0.3 is 11.8 Å². The lowest BCUT2D eigenvalue weighted by Crippen LogP contribution is -2.53. The summed E-state index contributed by atoms with van der Waals surface area (Å²) in [6.07, 6.45) is 2.54. The van der Waals surface area contributed by atoms with Crippen molar-refractivity contribution < 1.29 is 19.6 Å². The van der Waals surface area contributed by atoms with Gasteiger partial charge in [-0.1, -0.05) is 0 Å². The minimum absolute atomic E-state index is 0.0397. The molecule has 0 aliphatic carbocycles. The fourth-order valence-electron chi connectivity index (χ4n) is 1.92. The molecule has 1 N–H and O–H groups in total. The number of nitrogens with zero attached hydrogens (tertiary/aromatic N) is 4. The maximum absolute atomic E-state index is 12.1. The zero-order valence-electron chi connectivity index (χ0n) is 12.1. The predicted molar refractivity (Wildman–Crippen MR) is 72.6 cm³/mol. The van der Waals surface area contributed by atoms with Crippen molar-refractivity contribution in [3.8, 4) is 0 Å². The van der Waals surface area contributed by atoms with Gasteiger partial charge in [-0.05, 0) is 30.7 Å². The van der Waals surface area contributed by atoms with Crippen molar-refractivity contribution in [1.82, 2.24) is 14.5 Å². The number of hydrogen-bond acceptors (Lipinski definition) is 5. The Balaban J connectivity index is 2.70. The van der Waals surface area contributed by atoms with Gasteiger partial charge in [0.05, 0.1) is 0 Å². The highest BCUT2D eigenvalue weighted by molar-refractivity contribution is 5.86. The summed E-state index contributed by atoms with van der Waals surface area (Å²) in [5.41, 5.74) is -1.30. The average molecular weight is 298 g/mol. The first-order valence-electron chi connectivity index (χ1n) is 6.40. The quantitative estimate of drug-likeness (QED) is 0.590. The predicted octanol–water partition coefficient (Wildman–Crippen LogP) is 0.893. The minimum Gasteiger partial charge on any atom is -0.480 e. The first-order valence-corrected chi connectivity index (χ1v) is 6.40. The third-order valence-electron chi connectivity index (χ3n) is 3.21. The van der Waals surface area contributed by atoms with Crippen LogP contribution in [-0.4, -0.2) is 48.4 Å². The van der Waals surface area contributed by atoms with Crippen LogP contribution < -0.4 is 0 Å². The fraction of sp³-hybridized carbons (Fsp3) is 0.583. The van der Waals surface area contributed by atoms with E-state index in [-0.39, 0.29) is 31.2 Å². The molecule has 9 nitrogen and oxygen atoms in total. The zero-order chi connectivity index (χ0) is 16.2. The molecule has 116 valence electrons. The molecule has 0 unspecified atom stereocenters. The average Bonchev–Trinajstić information content (AvgIpc) is 2.85. The Kier molecular flexibility index (Phi) is 5.01. The number of likely N-dealkylation sites (N-methyl/N-ethyl adjacent to an activating group) is 1. The van der Waals surface area contributed by atoms with Crippen LogP contribution in [0.5, 0.6) is 0 Å². The van der Waals surface area contributed by atoms with Crippen LogP contribution in [0.2, 0.25) is 0 Å². The summed E-state index contributed by atoms with van der Waals surface area (Å²) in [6.45, 7) is 5.08. The number of carbonyl (C=O) groups is 2. The molecule has 1 heterocycles. The summed E-state index contributed by atoms with van der Waals surface area (Å²) in [7, 11) is 0. The van der Waals surface area contributed by atoms with Gasteiger partial charge in [0.1, 0.15) is 11.7 Å². The van der Waals surface area contributed by atoms with E-state index >= 15 is 0 Å². The lowest BCUT2D eigenvalue weighted by atomic mass is 10.0. The third-order valence-corrected chi connectivity index (χ3v) is 3.21. The topological polar surface area (TPSA) is 119 Å². The van der Waals surface area contributed by atoms with Crippen molar-refractivity contribution >= 4 is 17.7 Å². The van der Waals surface area contributed by atoms with Crippen molar-refractivity contribution in [1.29, 1.82) is 0 Å². The number of carboxylic acid groups (broad SMARTS) is 1. The number of imidazole rings is 1. The molecule has 21 heavy (non-hydrogen) atoms.